The van der Waals surface area contributed by atoms with Gasteiger partial charge in [0, 0.05) is 30.8 Å². The average Bonchev–Trinajstić information content (AvgIpc) is 2.66. The van der Waals surface area contributed by atoms with Crippen molar-refractivity contribution in [3.05, 3.63) is 39.9 Å². The van der Waals surface area contributed by atoms with Crippen LogP contribution in [0.1, 0.15) is 58.9 Å². The number of aliphatic imine (C=N–C) groups is 1. The van der Waals surface area contributed by atoms with Crippen LogP contribution in [0, 0.1) is 10.1 Å². The van der Waals surface area contributed by atoms with Gasteiger partial charge in [-0.1, -0.05) is 12.1 Å². The lowest BCUT2D eigenvalue weighted by Gasteiger charge is -2.31. The smallest absolute Gasteiger partial charge is 0.407 e. The van der Waals surface area contributed by atoms with E-state index >= 15 is 0 Å². The van der Waals surface area contributed by atoms with Crippen molar-refractivity contribution in [2.75, 3.05) is 6.54 Å². The van der Waals surface area contributed by atoms with Crippen LogP contribution in [0.5, 0.6) is 0 Å². The maximum absolute atomic E-state index is 11.9. The van der Waals surface area contributed by atoms with E-state index in [0.717, 1.165) is 37.8 Å². The highest BCUT2D eigenvalue weighted by atomic mass is 16.6. The minimum Gasteiger partial charge on any atom is -0.444 e. The number of nitrogens with zero attached hydrogens (tertiary/aromatic N) is 2. The molecule has 0 heterocycles. The van der Waals surface area contributed by atoms with Crippen LogP contribution in [-0.4, -0.2) is 41.2 Å². The zero-order valence-electron chi connectivity index (χ0n) is 18.2. The predicted molar refractivity (Wildman–Crippen MR) is 116 cm³/mol. The van der Waals surface area contributed by atoms with E-state index in [-0.39, 0.29) is 23.9 Å². The van der Waals surface area contributed by atoms with Gasteiger partial charge in [-0.3, -0.25) is 10.1 Å². The first-order valence-corrected chi connectivity index (χ1v) is 10.4. The van der Waals surface area contributed by atoms with Crippen LogP contribution in [0.4, 0.5) is 10.5 Å². The van der Waals surface area contributed by atoms with Crippen molar-refractivity contribution in [2.45, 2.75) is 77.6 Å². The number of hydrogen-bond acceptors (Lipinski definition) is 5. The second kappa shape index (κ2) is 10.8. The Morgan fingerprint density at radius 1 is 1.20 bits per heavy atom. The van der Waals surface area contributed by atoms with Gasteiger partial charge in [-0.2, -0.15) is 0 Å². The number of ether oxygens (including phenoxy) is 1. The molecule has 0 radical (unpaired) electrons. The van der Waals surface area contributed by atoms with Crippen molar-refractivity contribution in [3.63, 3.8) is 0 Å². The number of hydrogen-bond donors (Lipinski definition) is 3. The zero-order chi connectivity index (χ0) is 22.1. The lowest BCUT2D eigenvalue weighted by atomic mass is 9.91. The molecule has 9 heteroatoms. The van der Waals surface area contributed by atoms with Crippen LogP contribution >= 0.6 is 0 Å². The molecule has 1 amide bonds. The molecular formula is C21H33N5O4. The number of alkyl carbamates (subject to hydrolysis) is 1. The number of carbonyl (C=O) groups excluding carboxylic acids is 1. The molecule has 0 saturated heterocycles. The molecule has 9 nitrogen and oxygen atoms in total. The predicted octanol–water partition coefficient (Wildman–Crippen LogP) is 3.49. The van der Waals surface area contributed by atoms with Crippen LogP contribution in [0.3, 0.4) is 0 Å². The Balaban J connectivity index is 1.86. The Morgan fingerprint density at radius 2 is 1.83 bits per heavy atom. The molecule has 1 aromatic rings. The van der Waals surface area contributed by atoms with Crippen LogP contribution in [-0.2, 0) is 11.3 Å². The van der Waals surface area contributed by atoms with Gasteiger partial charge in [0.25, 0.3) is 5.69 Å². The fourth-order valence-corrected chi connectivity index (χ4v) is 3.31. The average molecular weight is 420 g/mol. The molecule has 166 valence electrons. The quantitative estimate of drug-likeness (QED) is 0.281. The highest BCUT2D eigenvalue weighted by Crippen LogP contribution is 2.19. The first-order valence-electron chi connectivity index (χ1n) is 10.4. The Hall–Kier alpha value is -2.84. The highest BCUT2D eigenvalue weighted by Gasteiger charge is 2.25. The third-order valence-electron chi connectivity index (χ3n) is 4.67. The Labute approximate surface area is 177 Å². The van der Waals surface area contributed by atoms with Crippen molar-refractivity contribution in [1.29, 1.82) is 0 Å². The Morgan fingerprint density at radius 3 is 2.40 bits per heavy atom. The number of amides is 1. The molecule has 1 fully saturated rings. The Kier molecular flexibility index (Phi) is 8.44. The molecule has 0 spiro atoms. The molecule has 1 saturated carbocycles. The van der Waals surface area contributed by atoms with Gasteiger partial charge in [0.2, 0.25) is 0 Å². The van der Waals surface area contributed by atoms with Gasteiger partial charge in [-0.05, 0) is 58.9 Å². The number of carbonyl (C=O) groups is 1. The second-order valence-electron chi connectivity index (χ2n) is 8.46. The molecule has 3 N–H and O–H groups in total. The standard InChI is InChI=1S/C21H33N5O4/c1-5-22-19(23-14-15-7-6-8-18(13-15)26(28)29)24-16-9-11-17(12-10-16)25-20(27)30-21(2,3)4/h6-8,13,16-17H,5,9-12,14H2,1-4H3,(H,25,27)(H2,22,23,24). The minimum atomic E-state index is -0.501. The van der Waals surface area contributed by atoms with Crippen LogP contribution < -0.4 is 16.0 Å². The Bertz CT molecular complexity index is 752. The van der Waals surface area contributed by atoms with E-state index in [4.69, 9.17) is 4.74 Å². The van der Waals surface area contributed by atoms with Gasteiger partial charge < -0.3 is 20.7 Å². The van der Waals surface area contributed by atoms with Crippen LogP contribution in [0.2, 0.25) is 0 Å². The summed E-state index contributed by atoms with van der Waals surface area (Å²) in [5.41, 5.74) is 0.349. The summed E-state index contributed by atoms with van der Waals surface area (Å²) < 4.78 is 5.32. The molecule has 0 aromatic heterocycles. The van der Waals surface area contributed by atoms with E-state index < -0.39 is 10.5 Å². The van der Waals surface area contributed by atoms with E-state index in [1.807, 2.05) is 33.8 Å². The lowest BCUT2D eigenvalue weighted by Crippen LogP contribution is -2.48. The summed E-state index contributed by atoms with van der Waals surface area (Å²) in [6, 6.07) is 6.88. The summed E-state index contributed by atoms with van der Waals surface area (Å²) in [5.74, 6) is 0.688. The molecule has 0 aliphatic heterocycles. The van der Waals surface area contributed by atoms with Crippen molar-refractivity contribution >= 4 is 17.7 Å². The molecular weight excluding hydrogens is 386 g/mol. The van der Waals surface area contributed by atoms with Gasteiger partial charge >= 0.3 is 6.09 Å². The number of nitrogens with one attached hydrogen (secondary N) is 3. The van der Waals surface area contributed by atoms with Crippen molar-refractivity contribution in [1.82, 2.24) is 16.0 Å². The van der Waals surface area contributed by atoms with Gasteiger partial charge in [0.1, 0.15) is 5.60 Å². The number of nitro benzene ring substituents is 1. The highest BCUT2D eigenvalue weighted by molar-refractivity contribution is 5.80. The number of rotatable bonds is 6. The SMILES string of the molecule is CCNC(=NCc1cccc([N+](=O)[O-])c1)NC1CCC(NC(=O)OC(C)(C)C)CC1. The molecule has 1 aliphatic carbocycles. The fraction of sp³-hybridized carbons (Fsp3) is 0.619. The first kappa shape index (κ1) is 23.4. The number of benzene rings is 1. The van der Waals surface area contributed by atoms with E-state index in [0.29, 0.717) is 12.5 Å². The third kappa shape index (κ3) is 8.26. The summed E-state index contributed by atoms with van der Waals surface area (Å²) in [5, 5.41) is 20.5. The second-order valence-corrected chi connectivity index (χ2v) is 8.46. The third-order valence-corrected chi connectivity index (χ3v) is 4.67. The first-order chi connectivity index (χ1) is 14.2. The summed E-state index contributed by atoms with van der Waals surface area (Å²) in [4.78, 5) is 27.0. The number of non-ortho nitro benzene ring substituents is 1. The van der Waals surface area contributed by atoms with Crippen LogP contribution in [0.25, 0.3) is 0 Å². The lowest BCUT2D eigenvalue weighted by molar-refractivity contribution is -0.384. The summed E-state index contributed by atoms with van der Waals surface area (Å²) in [6.07, 6.45) is 3.16. The molecule has 30 heavy (non-hydrogen) atoms. The zero-order valence-corrected chi connectivity index (χ0v) is 18.2. The van der Waals surface area contributed by atoms with E-state index in [1.165, 1.54) is 6.07 Å². The maximum atomic E-state index is 11.9. The van der Waals surface area contributed by atoms with E-state index in [9.17, 15) is 14.9 Å². The van der Waals surface area contributed by atoms with Crippen molar-refractivity contribution in [2.24, 2.45) is 4.99 Å². The maximum Gasteiger partial charge on any atom is 0.407 e. The number of guanidine groups is 1. The number of nitro groups is 1. The van der Waals surface area contributed by atoms with Gasteiger partial charge in [-0.25, -0.2) is 9.79 Å². The molecule has 2 rings (SSSR count). The van der Waals surface area contributed by atoms with Crippen LogP contribution in [0.15, 0.2) is 29.3 Å². The van der Waals surface area contributed by atoms with E-state index in [1.54, 1.807) is 12.1 Å². The molecule has 1 aromatic carbocycles. The minimum absolute atomic E-state index is 0.0662. The van der Waals surface area contributed by atoms with Gasteiger partial charge in [0.05, 0.1) is 11.5 Å². The molecule has 0 atom stereocenters. The molecule has 0 unspecified atom stereocenters. The molecule has 0 bridgehead atoms. The topological polar surface area (TPSA) is 118 Å². The summed E-state index contributed by atoms with van der Waals surface area (Å²) in [6.45, 7) is 8.61. The normalized spacial score (nSPS) is 19.7. The van der Waals surface area contributed by atoms with Crippen molar-refractivity contribution < 1.29 is 14.5 Å². The molecule has 1 aliphatic rings. The fourth-order valence-electron chi connectivity index (χ4n) is 3.31. The van der Waals surface area contributed by atoms with Crippen molar-refractivity contribution in [3.8, 4) is 0 Å². The monoisotopic (exact) mass is 419 g/mol. The van der Waals surface area contributed by atoms with E-state index in [2.05, 4.69) is 20.9 Å². The largest absolute Gasteiger partial charge is 0.444 e. The summed E-state index contributed by atoms with van der Waals surface area (Å²) >= 11 is 0. The summed E-state index contributed by atoms with van der Waals surface area (Å²) in [7, 11) is 0. The van der Waals surface area contributed by atoms with Gasteiger partial charge in [0.15, 0.2) is 5.96 Å². The van der Waals surface area contributed by atoms with Gasteiger partial charge in [-0.15, -0.1) is 0 Å².